The monoisotopic (exact) mass is 384 g/mol. The summed E-state index contributed by atoms with van der Waals surface area (Å²) in [6.45, 7) is 9.11. The number of imidazole rings is 1. The van der Waals surface area contributed by atoms with Gasteiger partial charge in [0.15, 0.2) is 10.7 Å². The SMILES string of the molecule is COc1ccc(-c2c(C(=O)O)nc3sc4c(n23)CC(C)(C)CC4(C)C)cc1. The molecule has 0 amide bonds. The Kier molecular flexibility index (Phi) is 3.89. The van der Waals surface area contributed by atoms with Gasteiger partial charge in [0.05, 0.1) is 12.8 Å². The van der Waals surface area contributed by atoms with Crippen molar-refractivity contribution in [3.63, 3.8) is 0 Å². The summed E-state index contributed by atoms with van der Waals surface area (Å²) in [5, 5.41) is 9.76. The molecular formula is C21H24N2O3S. The van der Waals surface area contributed by atoms with Crippen molar-refractivity contribution in [2.75, 3.05) is 7.11 Å². The first-order valence-corrected chi connectivity index (χ1v) is 9.87. The van der Waals surface area contributed by atoms with Gasteiger partial charge in [0.1, 0.15) is 5.75 Å². The number of carboxylic acids is 1. The smallest absolute Gasteiger partial charge is 0.356 e. The Morgan fingerprint density at radius 1 is 1.22 bits per heavy atom. The van der Waals surface area contributed by atoms with Crippen LogP contribution in [0, 0.1) is 5.41 Å². The van der Waals surface area contributed by atoms with E-state index >= 15 is 0 Å². The summed E-state index contributed by atoms with van der Waals surface area (Å²) in [5.41, 5.74) is 2.99. The van der Waals surface area contributed by atoms with E-state index in [1.54, 1.807) is 18.4 Å². The highest BCUT2D eigenvalue weighted by molar-refractivity contribution is 7.17. The minimum Gasteiger partial charge on any atom is -0.497 e. The molecule has 0 fully saturated rings. The average Bonchev–Trinajstić information content (AvgIpc) is 3.11. The van der Waals surface area contributed by atoms with Crippen LogP contribution in [0.25, 0.3) is 16.2 Å². The number of nitrogens with zero attached hydrogens (tertiary/aromatic N) is 2. The summed E-state index contributed by atoms with van der Waals surface area (Å²) in [5.74, 6) is -0.259. The van der Waals surface area contributed by atoms with Gasteiger partial charge in [-0.2, -0.15) is 0 Å². The lowest BCUT2D eigenvalue weighted by Gasteiger charge is -2.40. The number of aromatic carboxylic acids is 1. The predicted octanol–water partition coefficient (Wildman–Crippen LogP) is 5.02. The molecule has 0 aliphatic heterocycles. The largest absolute Gasteiger partial charge is 0.497 e. The molecule has 142 valence electrons. The van der Waals surface area contributed by atoms with E-state index in [9.17, 15) is 9.90 Å². The van der Waals surface area contributed by atoms with Gasteiger partial charge >= 0.3 is 5.97 Å². The van der Waals surface area contributed by atoms with Gasteiger partial charge in [-0.3, -0.25) is 4.40 Å². The number of methoxy groups -OCH3 is 1. The van der Waals surface area contributed by atoms with Crippen LogP contribution in [-0.2, 0) is 11.8 Å². The maximum Gasteiger partial charge on any atom is 0.356 e. The summed E-state index contributed by atoms with van der Waals surface area (Å²) in [6, 6.07) is 7.51. The minimum absolute atomic E-state index is 0.0447. The molecule has 4 rings (SSSR count). The molecule has 0 unspecified atom stereocenters. The van der Waals surface area contributed by atoms with Crippen LogP contribution in [0.4, 0.5) is 0 Å². The maximum atomic E-state index is 11.9. The fourth-order valence-electron chi connectivity index (χ4n) is 4.62. The molecule has 0 spiro atoms. The van der Waals surface area contributed by atoms with Crippen molar-refractivity contribution in [3.05, 3.63) is 40.5 Å². The third-order valence-corrected chi connectivity index (χ3v) is 6.77. The van der Waals surface area contributed by atoms with E-state index < -0.39 is 5.97 Å². The van der Waals surface area contributed by atoms with Gasteiger partial charge in [0, 0.05) is 21.5 Å². The molecule has 5 nitrogen and oxygen atoms in total. The zero-order chi connectivity index (χ0) is 19.6. The number of carbonyl (C=O) groups is 1. The molecule has 0 saturated heterocycles. The second-order valence-electron chi connectivity index (χ2n) is 8.74. The summed E-state index contributed by atoms with van der Waals surface area (Å²) >= 11 is 1.63. The zero-order valence-electron chi connectivity index (χ0n) is 16.3. The van der Waals surface area contributed by atoms with Crippen molar-refractivity contribution in [3.8, 4) is 17.0 Å². The first kappa shape index (κ1) is 18.0. The molecule has 2 heterocycles. The Morgan fingerprint density at radius 3 is 2.48 bits per heavy atom. The first-order valence-electron chi connectivity index (χ1n) is 9.05. The normalized spacial score (nSPS) is 17.7. The Hall–Kier alpha value is -2.34. The second-order valence-corrected chi connectivity index (χ2v) is 9.72. The molecule has 6 heteroatoms. The molecule has 1 aliphatic carbocycles. The fraction of sp³-hybridized carbons (Fsp3) is 0.429. The molecule has 0 radical (unpaired) electrons. The number of benzene rings is 1. The van der Waals surface area contributed by atoms with E-state index in [0.29, 0.717) is 5.69 Å². The van der Waals surface area contributed by atoms with E-state index in [2.05, 4.69) is 37.1 Å². The third kappa shape index (κ3) is 2.83. The van der Waals surface area contributed by atoms with E-state index in [-0.39, 0.29) is 16.5 Å². The van der Waals surface area contributed by atoms with E-state index in [0.717, 1.165) is 29.1 Å². The third-order valence-electron chi connectivity index (χ3n) is 5.32. The van der Waals surface area contributed by atoms with Gasteiger partial charge in [-0.15, -0.1) is 11.3 Å². The van der Waals surface area contributed by atoms with Crippen LogP contribution in [0.2, 0.25) is 0 Å². The number of hydrogen-bond donors (Lipinski definition) is 1. The van der Waals surface area contributed by atoms with E-state index in [1.165, 1.54) is 10.6 Å². The van der Waals surface area contributed by atoms with Crippen LogP contribution in [0.1, 0.15) is 55.2 Å². The topological polar surface area (TPSA) is 63.8 Å². The van der Waals surface area contributed by atoms with Crippen molar-refractivity contribution in [2.24, 2.45) is 5.41 Å². The van der Waals surface area contributed by atoms with Crippen LogP contribution in [0.15, 0.2) is 24.3 Å². The van der Waals surface area contributed by atoms with Crippen molar-refractivity contribution in [2.45, 2.75) is 46.0 Å². The number of aromatic nitrogens is 2. The molecule has 0 bridgehead atoms. The lowest BCUT2D eigenvalue weighted by molar-refractivity contribution is 0.0692. The molecule has 0 atom stereocenters. The molecule has 2 aromatic heterocycles. The molecule has 1 N–H and O–H groups in total. The lowest BCUT2D eigenvalue weighted by atomic mass is 9.67. The number of ether oxygens (including phenoxy) is 1. The highest BCUT2D eigenvalue weighted by Gasteiger charge is 2.41. The Bertz CT molecular complexity index is 1040. The van der Waals surface area contributed by atoms with Crippen LogP contribution in [-0.4, -0.2) is 27.6 Å². The van der Waals surface area contributed by atoms with Gasteiger partial charge in [-0.1, -0.05) is 27.7 Å². The number of rotatable bonds is 3. The number of fused-ring (bicyclic) bond motifs is 3. The van der Waals surface area contributed by atoms with E-state index in [4.69, 9.17) is 4.74 Å². The zero-order valence-corrected chi connectivity index (χ0v) is 17.1. The molecule has 1 aliphatic rings. The summed E-state index contributed by atoms with van der Waals surface area (Å²) in [7, 11) is 1.62. The van der Waals surface area contributed by atoms with Gasteiger partial charge in [-0.25, -0.2) is 9.78 Å². The molecule has 1 aromatic carbocycles. The second kappa shape index (κ2) is 5.83. The van der Waals surface area contributed by atoms with Crippen LogP contribution >= 0.6 is 11.3 Å². The Balaban J connectivity index is 2.03. The van der Waals surface area contributed by atoms with Gasteiger partial charge in [-0.05, 0) is 42.5 Å². The van der Waals surface area contributed by atoms with Gasteiger partial charge in [0.2, 0.25) is 0 Å². The van der Waals surface area contributed by atoms with Crippen molar-refractivity contribution in [1.29, 1.82) is 0 Å². The first-order chi connectivity index (χ1) is 12.6. The molecule has 3 aromatic rings. The standard InChI is InChI=1S/C21H24N2O3S/c1-20(2)10-14-17(21(3,4)11-20)27-19-22-15(18(24)25)16(23(14)19)12-6-8-13(26-5)9-7-12/h6-9H,10-11H2,1-5H3,(H,24,25). The summed E-state index contributed by atoms with van der Waals surface area (Å²) < 4.78 is 7.32. The molecular weight excluding hydrogens is 360 g/mol. The van der Waals surface area contributed by atoms with Crippen LogP contribution in [0.3, 0.4) is 0 Å². The number of carboxylic acid groups (broad SMARTS) is 1. The molecule has 0 saturated carbocycles. The average molecular weight is 385 g/mol. The van der Waals surface area contributed by atoms with Crippen molar-refractivity contribution in [1.82, 2.24) is 9.38 Å². The summed E-state index contributed by atoms with van der Waals surface area (Å²) in [4.78, 5) is 18.5. The van der Waals surface area contributed by atoms with Crippen molar-refractivity contribution >= 4 is 22.3 Å². The maximum absolute atomic E-state index is 11.9. The lowest BCUT2D eigenvalue weighted by Crippen LogP contribution is -2.34. The van der Waals surface area contributed by atoms with Crippen LogP contribution < -0.4 is 4.74 Å². The highest BCUT2D eigenvalue weighted by Crippen LogP contribution is 2.49. The highest BCUT2D eigenvalue weighted by atomic mass is 32.1. The minimum atomic E-state index is -1.00. The Labute approximate surface area is 162 Å². The summed E-state index contributed by atoms with van der Waals surface area (Å²) in [6.07, 6.45) is 2.00. The van der Waals surface area contributed by atoms with E-state index in [1.807, 2.05) is 24.3 Å². The van der Waals surface area contributed by atoms with Gasteiger partial charge in [0.25, 0.3) is 0 Å². The molecule has 27 heavy (non-hydrogen) atoms. The quantitative estimate of drug-likeness (QED) is 0.689. The number of hydrogen-bond acceptors (Lipinski definition) is 4. The van der Waals surface area contributed by atoms with Gasteiger partial charge < -0.3 is 9.84 Å². The van der Waals surface area contributed by atoms with Crippen molar-refractivity contribution < 1.29 is 14.6 Å². The number of thiazole rings is 1. The fourth-order valence-corrected chi connectivity index (χ4v) is 5.86. The Morgan fingerprint density at radius 2 is 1.89 bits per heavy atom. The predicted molar refractivity (Wildman–Crippen MR) is 107 cm³/mol. The van der Waals surface area contributed by atoms with Crippen LogP contribution in [0.5, 0.6) is 5.75 Å².